The van der Waals surface area contributed by atoms with Crippen LogP contribution >= 0.6 is 11.8 Å². The van der Waals surface area contributed by atoms with Gasteiger partial charge in [0.2, 0.25) is 0 Å². The lowest BCUT2D eigenvalue weighted by atomic mass is 10.2. The highest BCUT2D eigenvalue weighted by Gasteiger charge is 2.26. The Kier molecular flexibility index (Phi) is 3.99. The van der Waals surface area contributed by atoms with Gasteiger partial charge in [0.05, 0.1) is 5.52 Å². The molecule has 7 heteroatoms. The number of carbonyl (C=O) groups is 2. The van der Waals surface area contributed by atoms with Gasteiger partial charge in [-0.1, -0.05) is 17.8 Å². The molecule has 0 bridgehead atoms. The first kappa shape index (κ1) is 14.4. The lowest BCUT2D eigenvalue weighted by Crippen LogP contribution is -2.40. The van der Waals surface area contributed by atoms with Crippen LogP contribution in [-0.2, 0) is 4.79 Å². The van der Waals surface area contributed by atoms with Crippen molar-refractivity contribution in [3.8, 4) is 0 Å². The van der Waals surface area contributed by atoms with Gasteiger partial charge < -0.3 is 10.0 Å². The van der Waals surface area contributed by atoms with E-state index in [0.717, 1.165) is 0 Å². The number of thioether (sulfide) groups is 1. The molecule has 0 aliphatic rings. The molecule has 0 aromatic carbocycles. The Morgan fingerprint density at radius 3 is 2.75 bits per heavy atom. The first-order valence-electron chi connectivity index (χ1n) is 5.98. The van der Waals surface area contributed by atoms with Gasteiger partial charge >= 0.3 is 5.97 Å². The second kappa shape index (κ2) is 5.54. The zero-order valence-electron chi connectivity index (χ0n) is 11.4. The Hall–Kier alpha value is -2.02. The molecule has 106 valence electrons. The molecule has 0 aliphatic heterocycles. The van der Waals surface area contributed by atoms with Crippen LogP contribution in [0.15, 0.2) is 29.6 Å². The van der Waals surface area contributed by atoms with Crippen LogP contribution in [0.4, 0.5) is 0 Å². The highest BCUT2D eigenvalue weighted by molar-refractivity contribution is 7.98. The average molecular weight is 293 g/mol. The van der Waals surface area contributed by atoms with Crippen LogP contribution in [0.5, 0.6) is 0 Å². The van der Waals surface area contributed by atoms with E-state index in [1.54, 1.807) is 6.07 Å². The van der Waals surface area contributed by atoms with Crippen LogP contribution in [0.3, 0.4) is 0 Å². The standard InChI is InChI=1S/C13H15N3O3S/c1-8(12(18)19)15(2)11(17)10-9-6-4-5-7-16(9)13(14-10)20-3/h4-8H,1-3H3,(H,18,19). The summed E-state index contributed by atoms with van der Waals surface area (Å²) in [7, 11) is 1.47. The summed E-state index contributed by atoms with van der Waals surface area (Å²) in [6.45, 7) is 1.47. The van der Waals surface area contributed by atoms with Crippen molar-refractivity contribution >= 4 is 29.2 Å². The van der Waals surface area contributed by atoms with Crippen LogP contribution < -0.4 is 0 Å². The van der Waals surface area contributed by atoms with Gasteiger partial charge in [-0.25, -0.2) is 9.78 Å². The van der Waals surface area contributed by atoms with E-state index < -0.39 is 17.9 Å². The van der Waals surface area contributed by atoms with Crippen LogP contribution in [-0.4, -0.2) is 50.6 Å². The predicted molar refractivity (Wildman–Crippen MR) is 76.2 cm³/mol. The number of likely N-dealkylation sites (N-methyl/N-ethyl adjacent to an activating group) is 1. The van der Waals surface area contributed by atoms with Crippen molar-refractivity contribution in [2.75, 3.05) is 13.3 Å². The maximum Gasteiger partial charge on any atom is 0.326 e. The third-order valence-electron chi connectivity index (χ3n) is 3.16. The molecule has 1 unspecified atom stereocenters. The molecule has 0 saturated carbocycles. The molecule has 1 atom stereocenters. The smallest absolute Gasteiger partial charge is 0.326 e. The minimum atomic E-state index is -1.05. The number of hydrogen-bond donors (Lipinski definition) is 1. The molecule has 2 rings (SSSR count). The molecule has 2 heterocycles. The largest absolute Gasteiger partial charge is 0.480 e. The number of aromatic nitrogens is 2. The number of carboxylic acid groups (broad SMARTS) is 1. The second-order valence-electron chi connectivity index (χ2n) is 4.33. The van der Waals surface area contributed by atoms with E-state index in [1.807, 2.05) is 29.0 Å². The van der Waals surface area contributed by atoms with E-state index in [0.29, 0.717) is 10.7 Å². The summed E-state index contributed by atoms with van der Waals surface area (Å²) in [5, 5.41) is 9.68. The minimum Gasteiger partial charge on any atom is -0.480 e. The molecule has 0 aliphatic carbocycles. The zero-order chi connectivity index (χ0) is 14.9. The first-order valence-corrected chi connectivity index (χ1v) is 7.21. The summed E-state index contributed by atoms with van der Waals surface area (Å²) < 4.78 is 1.82. The quantitative estimate of drug-likeness (QED) is 0.867. The van der Waals surface area contributed by atoms with E-state index in [4.69, 9.17) is 5.11 Å². The van der Waals surface area contributed by atoms with Gasteiger partial charge in [-0.05, 0) is 25.3 Å². The maximum absolute atomic E-state index is 12.4. The molecule has 20 heavy (non-hydrogen) atoms. The Bertz CT molecular complexity index is 668. The van der Waals surface area contributed by atoms with Crippen molar-refractivity contribution in [3.63, 3.8) is 0 Å². The van der Waals surface area contributed by atoms with E-state index in [1.165, 1.54) is 30.6 Å². The third kappa shape index (κ3) is 2.36. The molecule has 6 nitrogen and oxygen atoms in total. The molecular weight excluding hydrogens is 278 g/mol. The van der Waals surface area contributed by atoms with Gasteiger partial charge in [-0.15, -0.1) is 0 Å². The summed E-state index contributed by atoms with van der Waals surface area (Å²) >= 11 is 1.43. The number of aliphatic carboxylic acids is 1. The molecular formula is C13H15N3O3S. The minimum absolute atomic E-state index is 0.269. The Morgan fingerprint density at radius 1 is 1.45 bits per heavy atom. The van der Waals surface area contributed by atoms with Gasteiger partial charge in [-0.3, -0.25) is 9.20 Å². The van der Waals surface area contributed by atoms with Gasteiger partial charge in [0.25, 0.3) is 5.91 Å². The van der Waals surface area contributed by atoms with Crippen molar-refractivity contribution in [1.29, 1.82) is 0 Å². The summed E-state index contributed by atoms with van der Waals surface area (Å²) in [6.07, 6.45) is 3.70. The summed E-state index contributed by atoms with van der Waals surface area (Å²) in [4.78, 5) is 28.9. The normalized spacial score (nSPS) is 12.3. The average Bonchev–Trinajstić information content (AvgIpc) is 2.83. The van der Waals surface area contributed by atoms with Crippen molar-refractivity contribution < 1.29 is 14.7 Å². The Labute approximate surface area is 120 Å². The fraction of sp³-hybridized carbons (Fsp3) is 0.308. The third-order valence-corrected chi connectivity index (χ3v) is 3.81. The predicted octanol–water partition coefficient (Wildman–Crippen LogP) is 1.60. The number of fused-ring (bicyclic) bond motifs is 1. The van der Waals surface area contributed by atoms with Crippen molar-refractivity contribution in [2.45, 2.75) is 18.1 Å². The van der Waals surface area contributed by atoms with E-state index in [-0.39, 0.29) is 5.69 Å². The second-order valence-corrected chi connectivity index (χ2v) is 5.11. The molecule has 2 aromatic heterocycles. The van der Waals surface area contributed by atoms with Gasteiger partial charge in [0.1, 0.15) is 6.04 Å². The van der Waals surface area contributed by atoms with Gasteiger partial charge in [-0.2, -0.15) is 0 Å². The highest BCUT2D eigenvalue weighted by Crippen LogP contribution is 2.21. The van der Waals surface area contributed by atoms with Crippen LogP contribution in [0.25, 0.3) is 5.52 Å². The fourth-order valence-electron chi connectivity index (χ4n) is 1.82. The molecule has 0 spiro atoms. The maximum atomic E-state index is 12.4. The highest BCUT2D eigenvalue weighted by atomic mass is 32.2. The number of hydrogen-bond acceptors (Lipinski definition) is 4. The Morgan fingerprint density at radius 2 is 2.15 bits per heavy atom. The molecule has 0 radical (unpaired) electrons. The van der Waals surface area contributed by atoms with Crippen molar-refractivity contribution in [3.05, 3.63) is 30.1 Å². The monoisotopic (exact) mass is 293 g/mol. The summed E-state index contributed by atoms with van der Waals surface area (Å²) in [5.41, 5.74) is 0.942. The van der Waals surface area contributed by atoms with Crippen molar-refractivity contribution in [2.24, 2.45) is 0 Å². The number of amides is 1. The molecule has 1 N–H and O–H groups in total. The molecule has 2 aromatic rings. The first-order chi connectivity index (χ1) is 9.47. The summed E-state index contributed by atoms with van der Waals surface area (Å²) in [6, 6.07) is 4.56. The molecule has 0 saturated heterocycles. The molecule has 0 fully saturated rings. The Balaban J connectivity index is 2.47. The topological polar surface area (TPSA) is 74.9 Å². The zero-order valence-corrected chi connectivity index (χ0v) is 12.2. The lowest BCUT2D eigenvalue weighted by molar-refractivity contribution is -0.141. The molecule has 1 amide bonds. The number of rotatable bonds is 4. The fourth-order valence-corrected chi connectivity index (χ4v) is 2.36. The number of nitrogens with zero attached hydrogens (tertiary/aromatic N) is 3. The van der Waals surface area contributed by atoms with E-state index >= 15 is 0 Å². The SMILES string of the molecule is CSc1nc(C(=O)N(C)C(C)C(=O)O)c2ccccn12. The van der Waals surface area contributed by atoms with Crippen LogP contribution in [0.1, 0.15) is 17.4 Å². The van der Waals surface area contributed by atoms with Gasteiger partial charge in [0, 0.05) is 13.2 Å². The van der Waals surface area contributed by atoms with Crippen molar-refractivity contribution in [1.82, 2.24) is 14.3 Å². The van der Waals surface area contributed by atoms with Crippen LogP contribution in [0.2, 0.25) is 0 Å². The number of imidazole rings is 1. The lowest BCUT2D eigenvalue weighted by Gasteiger charge is -2.20. The van der Waals surface area contributed by atoms with Gasteiger partial charge in [0.15, 0.2) is 10.9 Å². The number of pyridine rings is 1. The number of carboxylic acids is 1. The summed E-state index contributed by atoms with van der Waals surface area (Å²) in [5.74, 6) is -1.45. The van der Waals surface area contributed by atoms with Crippen LogP contribution in [0, 0.1) is 0 Å². The van der Waals surface area contributed by atoms with E-state index in [2.05, 4.69) is 4.98 Å². The number of carbonyl (C=O) groups excluding carboxylic acids is 1. The van der Waals surface area contributed by atoms with E-state index in [9.17, 15) is 9.59 Å².